The van der Waals surface area contributed by atoms with Crippen LogP contribution in [0.4, 0.5) is 8.78 Å². The highest BCUT2D eigenvalue weighted by Gasteiger charge is 2.26. The Balaban J connectivity index is 2.83. The largest absolute Gasteiger partial charge is 0.313 e. The standard InChI is InChI=1S/C15H24F2N2/c1-4-8-19(9-5-2)15(3,18)11-12-6-7-13(16)14(17)10-12/h6-7,10H,4-5,8-9,11,18H2,1-3H3. The zero-order valence-electron chi connectivity index (χ0n) is 12.0. The topological polar surface area (TPSA) is 29.3 Å². The lowest BCUT2D eigenvalue weighted by molar-refractivity contribution is 0.108. The minimum Gasteiger partial charge on any atom is -0.313 e. The van der Waals surface area contributed by atoms with Crippen LogP contribution in [0.5, 0.6) is 0 Å². The van der Waals surface area contributed by atoms with Crippen molar-refractivity contribution in [2.75, 3.05) is 13.1 Å². The van der Waals surface area contributed by atoms with Crippen LogP contribution in [0, 0.1) is 11.6 Å². The van der Waals surface area contributed by atoms with E-state index < -0.39 is 17.3 Å². The molecule has 0 amide bonds. The van der Waals surface area contributed by atoms with Crippen LogP contribution >= 0.6 is 0 Å². The molecule has 1 aromatic rings. The summed E-state index contributed by atoms with van der Waals surface area (Å²) >= 11 is 0. The van der Waals surface area contributed by atoms with Gasteiger partial charge in [-0.1, -0.05) is 19.9 Å². The molecule has 108 valence electrons. The quantitative estimate of drug-likeness (QED) is 0.770. The summed E-state index contributed by atoms with van der Waals surface area (Å²) in [5, 5.41) is 0. The van der Waals surface area contributed by atoms with E-state index in [0.29, 0.717) is 6.42 Å². The fraction of sp³-hybridized carbons (Fsp3) is 0.600. The van der Waals surface area contributed by atoms with Gasteiger partial charge in [-0.2, -0.15) is 0 Å². The highest BCUT2D eigenvalue weighted by atomic mass is 19.2. The van der Waals surface area contributed by atoms with Crippen molar-refractivity contribution in [3.05, 3.63) is 35.4 Å². The van der Waals surface area contributed by atoms with Crippen LogP contribution in [0.1, 0.15) is 39.2 Å². The van der Waals surface area contributed by atoms with E-state index in [-0.39, 0.29) is 0 Å². The molecule has 0 saturated carbocycles. The summed E-state index contributed by atoms with van der Waals surface area (Å²) < 4.78 is 26.1. The summed E-state index contributed by atoms with van der Waals surface area (Å²) in [7, 11) is 0. The van der Waals surface area contributed by atoms with Crippen LogP contribution in [0.25, 0.3) is 0 Å². The van der Waals surface area contributed by atoms with Crippen molar-refractivity contribution in [2.45, 2.75) is 45.7 Å². The number of rotatable bonds is 7. The fourth-order valence-electron chi connectivity index (χ4n) is 2.34. The number of benzene rings is 1. The molecule has 0 fully saturated rings. The smallest absolute Gasteiger partial charge is 0.159 e. The maximum atomic E-state index is 13.2. The Morgan fingerprint density at radius 2 is 1.68 bits per heavy atom. The Hall–Kier alpha value is -1.00. The monoisotopic (exact) mass is 270 g/mol. The molecule has 0 aliphatic rings. The molecule has 1 rings (SSSR count). The van der Waals surface area contributed by atoms with E-state index in [4.69, 9.17) is 5.73 Å². The Bertz CT molecular complexity index is 399. The third-order valence-electron chi connectivity index (χ3n) is 3.26. The molecule has 0 heterocycles. The van der Waals surface area contributed by atoms with Crippen molar-refractivity contribution in [3.8, 4) is 0 Å². The van der Waals surface area contributed by atoms with E-state index >= 15 is 0 Å². The van der Waals surface area contributed by atoms with Gasteiger partial charge in [0.2, 0.25) is 0 Å². The molecule has 0 aromatic heterocycles. The SMILES string of the molecule is CCCN(CCC)C(C)(N)Cc1ccc(F)c(F)c1. The molecule has 0 spiro atoms. The van der Waals surface area contributed by atoms with Gasteiger partial charge in [-0.25, -0.2) is 8.78 Å². The van der Waals surface area contributed by atoms with Crippen LogP contribution < -0.4 is 5.73 Å². The second kappa shape index (κ2) is 6.96. The molecular weight excluding hydrogens is 246 g/mol. The maximum Gasteiger partial charge on any atom is 0.159 e. The fourth-order valence-corrected chi connectivity index (χ4v) is 2.34. The first kappa shape index (κ1) is 16.1. The summed E-state index contributed by atoms with van der Waals surface area (Å²) in [6.45, 7) is 7.97. The van der Waals surface area contributed by atoms with Crippen molar-refractivity contribution in [3.63, 3.8) is 0 Å². The zero-order valence-corrected chi connectivity index (χ0v) is 12.0. The third-order valence-corrected chi connectivity index (χ3v) is 3.26. The van der Waals surface area contributed by atoms with Crippen molar-refractivity contribution in [2.24, 2.45) is 5.73 Å². The minimum atomic E-state index is -0.818. The highest BCUT2D eigenvalue weighted by molar-refractivity contribution is 5.19. The molecule has 19 heavy (non-hydrogen) atoms. The molecule has 2 nitrogen and oxygen atoms in total. The average molecular weight is 270 g/mol. The molecule has 1 unspecified atom stereocenters. The predicted molar refractivity (Wildman–Crippen MR) is 74.8 cm³/mol. The maximum absolute atomic E-state index is 13.2. The van der Waals surface area contributed by atoms with Crippen molar-refractivity contribution in [1.29, 1.82) is 0 Å². The number of nitrogens with two attached hydrogens (primary N) is 1. The van der Waals surface area contributed by atoms with E-state index in [0.717, 1.165) is 37.6 Å². The molecule has 0 radical (unpaired) electrons. The summed E-state index contributed by atoms with van der Waals surface area (Å²) in [6, 6.07) is 3.99. The Morgan fingerprint density at radius 1 is 1.11 bits per heavy atom. The van der Waals surface area contributed by atoms with Gasteiger partial charge in [0.05, 0.1) is 5.66 Å². The number of hydrogen-bond donors (Lipinski definition) is 1. The number of halogens is 2. The van der Waals surface area contributed by atoms with Gasteiger partial charge in [0.1, 0.15) is 0 Å². The molecule has 4 heteroatoms. The van der Waals surface area contributed by atoms with Gasteiger partial charge in [-0.15, -0.1) is 0 Å². The van der Waals surface area contributed by atoms with E-state index in [1.165, 1.54) is 6.07 Å². The summed E-state index contributed by atoms with van der Waals surface area (Å²) in [6.07, 6.45) is 2.54. The van der Waals surface area contributed by atoms with E-state index in [2.05, 4.69) is 18.7 Å². The van der Waals surface area contributed by atoms with Crippen LogP contribution in [-0.2, 0) is 6.42 Å². The van der Waals surface area contributed by atoms with Gasteiger partial charge in [-0.05, 0) is 50.6 Å². The molecule has 0 aliphatic heterocycles. The Morgan fingerprint density at radius 3 is 2.16 bits per heavy atom. The van der Waals surface area contributed by atoms with E-state index in [9.17, 15) is 8.78 Å². The van der Waals surface area contributed by atoms with Gasteiger partial charge < -0.3 is 5.73 Å². The Kier molecular flexibility index (Phi) is 5.88. The van der Waals surface area contributed by atoms with Gasteiger partial charge >= 0.3 is 0 Å². The minimum absolute atomic E-state index is 0.504. The molecule has 1 atom stereocenters. The van der Waals surface area contributed by atoms with E-state index in [1.54, 1.807) is 6.07 Å². The summed E-state index contributed by atoms with van der Waals surface area (Å²) in [5.74, 6) is -1.63. The highest BCUT2D eigenvalue weighted by Crippen LogP contribution is 2.18. The predicted octanol–water partition coefficient (Wildman–Crippen LogP) is 3.30. The first-order valence-electron chi connectivity index (χ1n) is 6.88. The lowest BCUT2D eigenvalue weighted by Crippen LogP contribution is -2.55. The molecular formula is C15H24F2N2. The van der Waals surface area contributed by atoms with Crippen LogP contribution in [-0.4, -0.2) is 23.7 Å². The lowest BCUT2D eigenvalue weighted by atomic mass is 9.99. The van der Waals surface area contributed by atoms with Crippen molar-refractivity contribution >= 4 is 0 Å². The third kappa shape index (κ3) is 4.55. The van der Waals surface area contributed by atoms with Gasteiger partial charge in [0.15, 0.2) is 11.6 Å². The molecule has 0 aliphatic carbocycles. The van der Waals surface area contributed by atoms with Crippen LogP contribution in [0.15, 0.2) is 18.2 Å². The molecule has 1 aromatic carbocycles. The van der Waals surface area contributed by atoms with Crippen molar-refractivity contribution in [1.82, 2.24) is 4.90 Å². The summed E-state index contributed by atoms with van der Waals surface area (Å²) in [5.41, 5.74) is 6.54. The molecule has 0 bridgehead atoms. The van der Waals surface area contributed by atoms with Gasteiger partial charge in [0.25, 0.3) is 0 Å². The van der Waals surface area contributed by atoms with Gasteiger partial charge in [0, 0.05) is 6.42 Å². The van der Waals surface area contributed by atoms with Crippen molar-refractivity contribution < 1.29 is 8.78 Å². The Labute approximate surface area is 114 Å². The normalized spacial score (nSPS) is 14.7. The first-order valence-corrected chi connectivity index (χ1v) is 6.88. The van der Waals surface area contributed by atoms with Crippen LogP contribution in [0.2, 0.25) is 0 Å². The van der Waals surface area contributed by atoms with Crippen LogP contribution in [0.3, 0.4) is 0 Å². The molecule has 0 saturated heterocycles. The zero-order chi connectivity index (χ0) is 14.5. The molecule has 2 N–H and O–H groups in total. The second-order valence-corrected chi connectivity index (χ2v) is 5.27. The number of hydrogen-bond acceptors (Lipinski definition) is 2. The van der Waals surface area contributed by atoms with E-state index in [1.807, 2.05) is 6.92 Å². The number of nitrogens with zero attached hydrogens (tertiary/aromatic N) is 1. The summed E-state index contributed by atoms with van der Waals surface area (Å²) in [4.78, 5) is 2.20. The average Bonchev–Trinajstić information content (AvgIpc) is 2.33. The van der Waals surface area contributed by atoms with Gasteiger partial charge in [-0.3, -0.25) is 4.90 Å². The lowest BCUT2D eigenvalue weighted by Gasteiger charge is -2.38. The second-order valence-electron chi connectivity index (χ2n) is 5.27. The first-order chi connectivity index (χ1) is 8.90.